The molecule has 3 amide bonds. The number of hydrogen-bond donors (Lipinski definition) is 1. The van der Waals surface area contributed by atoms with E-state index in [1.165, 1.54) is 6.92 Å². The van der Waals surface area contributed by atoms with Crippen molar-refractivity contribution in [2.75, 3.05) is 67.1 Å². The molecule has 1 aromatic carbocycles. The Morgan fingerprint density at radius 3 is 2.31 bits per heavy atom. The van der Waals surface area contributed by atoms with Crippen LogP contribution in [0.3, 0.4) is 0 Å². The predicted molar refractivity (Wildman–Crippen MR) is 135 cm³/mol. The van der Waals surface area contributed by atoms with Gasteiger partial charge < -0.3 is 24.8 Å². The van der Waals surface area contributed by atoms with Crippen molar-refractivity contribution in [3.8, 4) is 0 Å². The minimum absolute atomic E-state index is 0.0476. The number of tetrazole rings is 1. The van der Waals surface area contributed by atoms with Crippen LogP contribution in [0.15, 0.2) is 12.1 Å². The second-order valence-corrected chi connectivity index (χ2v) is 9.93. The first kappa shape index (κ1) is 26.6. The van der Waals surface area contributed by atoms with Crippen molar-refractivity contribution in [1.29, 1.82) is 0 Å². The second-order valence-electron chi connectivity index (χ2n) is 9.93. The molecule has 13 nitrogen and oxygen atoms in total. The van der Waals surface area contributed by atoms with Crippen molar-refractivity contribution < 1.29 is 27.9 Å². The Hall–Kier alpha value is -4.04. The number of rotatable bonds is 6. The molecule has 1 atom stereocenters. The summed E-state index contributed by atoms with van der Waals surface area (Å²) in [6.45, 7) is 6.33. The summed E-state index contributed by atoms with van der Waals surface area (Å²) in [4.78, 5) is 43.0. The molecule has 0 aliphatic carbocycles. The summed E-state index contributed by atoms with van der Waals surface area (Å²) >= 11 is 0. The molecule has 0 bridgehead atoms. The standard InChI is InChI=1S/C24H31F2N9O4/c1-15(36)27-13-19-14-34(24(38)39-19)18-11-20(25)22(21(26)12-18)32-5-3-17(4-6-32)35-29-23(28-30-35)33-9-7-31(8-10-33)16(2)37/h11-12,17,19H,3-10,13-14H2,1-2H3,(H,27,36). The van der Waals surface area contributed by atoms with E-state index in [4.69, 9.17) is 4.74 Å². The van der Waals surface area contributed by atoms with E-state index in [9.17, 15) is 14.4 Å². The van der Waals surface area contributed by atoms with Gasteiger partial charge in [0.25, 0.3) is 5.95 Å². The zero-order valence-electron chi connectivity index (χ0n) is 21.8. The molecule has 1 aromatic heterocycles. The molecule has 3 aliphatic rings. The zero-order valence-corrected chi connectivity index (χ0v) is 21.8. The summed E-state index contributed by atoms with van der Waals surface area (Å²) in [5.41, 5.74) is -0.0856. The highest BCUT2D eigenvalue weighted by Crippen LogP contribution is 2.34. The molecule has 0 saturated carbocycles. The summed E-state index contributed by atoms with van der Waals surface area (Å²) < 4.78 is 35.5. The van der Waals surface area contributed by atoms with Crippen molar-refractivity contribution in [3.05, 3.63) is 23.8 Å². The van der Waals surface area contributed by atoms with E-state index < -0.39 is 23.8 Å². The zero-order chi connectivity index (χ0) is 27.7. The van der Waals surface area contributed by atoms with Crippen molar-refractivity contribution in [3.63, 3.8) is 0 Å². The number of halogens is 2. The quantitative estimate of drug-likeness (QED) is 0.561. The number of hydrogen-bond acceptors (Lipinski definition) is 9. The van der Waals surface area contributed by atoms with E-state index in [2.05, 4.69) is 20.7 Å². The number of ether oxygens (including phenoxy) is 1. The number of amides is 3. The topological polar surface area (TPSA) is 129 Å². The molecule has 3 saturated heterocycles. The van der Waals surface area contributed by atoms with Crippen LogP contribution in [0.1, 0.15) is 32.7 Å². The summed E-state index contributed by atoms with van der Waals surface area (Å²) in [7, 11) is 0. The molecule has 39 heavy (non-hydrogen) atoms. The molecule has 4 heterocycles. The Bertz CT molecular complexity index is 1220. The van der Waals surface area contributed by atoms with Crippen molar-refractivity contribution in [2.24, 2.45) is 0 Å². The van der Waals surface area contributed by atoms with Gasteiger partial charge in [-0.05, 0) is 18.1 Å². The van der Waals surface area contributed by atoms with Gasteiger partial charge in [-0.1, -0.05) is 5.10 Å². The van der Waals surface area contributed by atoms with E-state index >= 15 is 8.78 Å². The summed E-state index contributed by atoms with van der Waals surface area (Å²) in [6, 6.07) is 2.19. The van der Waals surface area contributed by atoms with E-state index in [0.29, 0.717) is 58.1 Å². The smallest absolute Gasteiger partial charge is 0.414 e. The first-order valence-corrected chi connectivity index (χ1v) is 13.0. The van der Waals surface area contributed by atoms with Gasteiger partial charge in [-0.25, -0.2) is 13.6 Å². The fourth-order valence-corrected chi connectivity index (χ4v) is 5.15. The van der Waals surface area contributed by atoms with Crippen molar-refractivity contribution in [2.45, 2.75) is 38.8 Å². The fraction of sp³-hybridized carbons (Fsp3) is 0.583. The average Bonchev–Trinajstić information content (AvgIpc) is 3.54. The Morgan fingerprint density at radius 2 is 1.69 bits per heavy atom. The van der Waals surface area contributed by atoms with Crippen LogP contribution < -0.4 is 20.0 Å². The van der Waals surface area contributed by atoms with Gasteiger partial charge in [0, 0.05) is 65.2 Å². The van der Waals surface area contributed by atoms with Gasteiger partial charge in [0.05, 0.1) is 24.8 Å². The van der Waals surface area contributed by atoms with Crippen LogP contribution in [0.4, 0.5) is 30.9 Å². The molecule has 210 valence electrons. The molecular weight excluding hydrogens is 516 g/mol. The third-order valence-corrected chi connectivity index (χ3v) is 7.30. The van der Waals surface area contributed by atoms with Gasteiger partial charge in [0.2, 0.25) is 11.8 Å². The summed E-state index contributed by atoms with van der Waals surface area (Å²) in [5, 5.41) is 15.5. The number of aromatic nitrogens is 4. The molecule has 3 fully saturated rings. The SMILES string of the molecule is CC(=O)NCC1CN(c2cc(F)c(N3CCC(n4nnc(N5CCN(C(C)=O)CC5)n4)CC3)c(F)c2)C(=O)O1. The van der Waals surface area contributed by atoms with Gasteiger partial charge in [-0.2, -0.15) is 4.80 Å². The molecule has 0 spiro atoms. The molecular formula is C24H31F2N9O4. The molecule has 0 radical (unpaired) electrons. The number of benzene rings is 1. The number of carbonyl (C=O) groups excluding carboxylic acids is 3. The highest BCUT2D eigenvalue weighted by atomic mass is 19.1. The lowest BCUT2D eigenvalue weighted by molar-refractivity contribution is -0.129. The molecule has 1 N–H and O–H groups in total. The molecule has 3 aliphatic heterocycles. The number of piperidine rings is 1. The molecule has 5 rings (SSSR count). The first-order chi connectivity index (χ1) is 18.7. The van der Waals surface area contributed by atoms with Gasteiger partial charge in [0.1, 0.15) is 11.8 Å². The van der Waals surface area contributed by atoms with Gasteiger partial charge in [0.15, 0.2) is 11.6 Å². The van der Waals surface area contributed by atoms with Gasteiger partial charge in [-0.3, -0.25) is 14.5 Å². The monoisotopic (exact) mass is 547 g/mol. The van der Waals surface area contributed by atoms with Crippen LogP contribution in [-0.2, 0) is 14.3 Å². The Kier molecular flexibility index (Phi) is 7.48. The maximum absolute atomic E-state index is 15.1. The lowest BCUT2D eigenvalue weighted by Crippen LogP contribution is -2.48. The van der Waals surface area contributed by atoms with Crippen LogP contribution in [0, 0.1) is 11.6 Å². The number of cyclic esters (lactones) is 1. The molecule has 1 unspecified atom stereocenters. The molecule has 2 aromatic rings. The van der Waals surface area contributed by atoms with E-state index in [0.717, 1.165) is 17.0 Å². The minimum atomic E-state index is -0.771. The van der Waals surface area contributed by atoms with Crippen LogP contribution in [0.2, 0.25) is 0 Å². The van der Waals surface area contributed by atoms with Crippen LogP contribution >= 0.6 is 0 Å². The average molecular weight is 548 g/mol. The number of carbonyl (C=O) groups is 3. The van der Waals surface area contributed by atoms with Gasteiger partial charge in [-0.15, -0.1) is 5.10 Å². The largest absolute Gasteiger partial charge is 0.442 e. The first-order valence-electron chi connectivity index (χ1n) is 13.0. The number of nitrogens with zero attached hydrogens (tertiary/aromatic N) is 8. The number of piperazine rings is 1. The van der Waals surface area contributed by atoms with Crippen LogP contribution in [0.5, 0.6) is 0 Å². The Balaban J connectivity index is 1.19. The van der Waals surface area contributed by atoms with Crippen LogP contribution in [-0.4, -0.2) is 101 Å². The van der Waals surface area contributed by atoms with Crippen molar-refractivity contribution in [1.82, 2.24) is 30.4 Å². The van der Waals surface area contributed by atoms with Gasteiger partial charge >= 0.3 is 6.09 Å². The Labute approximate surface area is 223 Å². The minimum Gasteiger partial charge on any atom is -0.442 e. The number of anilines is 3. The molecule has 15 heteroatoms. The highest BCUT2D eigenvalue weighted by molar-refractivity contribution is 5.90. The maximum Gasteiger partial charge on any atom is 0.414 e. The van der Waals surface area contributed by atoms with Crippen LogP contribution in [0.25, 0.3) is 0 Å². The normalized spacial score (nSPS) is 20.4. The summed E-state index contributed by atoms with van der Waals surface area (Å²) in [6.07, 6.45) is -0.198. The summed E-state index contributed by atoms with van der Waals surface area (Å²) in [5.74, 6) is -1.25. The highest BCUT2D eigenvalue weighted by Gasteiger charge is 2.34. The van der Waals surface area contributed by atoms with Crippen molar-refractivity contribution >= 4 is 35.2 Å². The van der Waals surface area contributed by atoms with E-state index in [-0.39, 0.29) is 42.3 Å². The van der Waals surface area contributed by atoms with E-state index in [1.54, 1.807) is 21.5 Å². The number of nitrogens with one attached hydrogen (secondary N) is 1. The fourth-order valence-electron chi connectivity index (χ4n) is 5.15. The lowest BCUT2D eigenvalue weighted by Gasteiger charge is -2.34. The maximum atomic E-state index is 15.1. The van der Waals surface area contributed by atoms with E-state index in [1.807, 2.05) is 4.90 Å². The lowest BCUT2D eigenvalue weighted by atomic mass is 10.0. The third-order valence-electron chi connectivity index (χ3n) is 7.30. The predicted octanol–water partition coefficient (Wildman–Crippen LogP) is 0.923. The third kappa shape index (κ3) is 5.71. The second kappa shape index (κ2) is 11.0. The Morgan fingerprint density at radius 1 is 1.03 bits per heavy atom.